The summed E-state index contributed by atoms with van der Waals surface area (Å²) in [4.78, 5) is 28.6. The van der Waals surface area contributed by atoms with Gasteiger partial charge < -0.3 is 10.2 Å². The lowest BCUT2D eigenvalue weighted by Gasteiger charge is -2.34. The summed E-state index contributed by atoms with van der Waals surface area (Å²) in [5.74, 6) is -0.546. The molecule has 2 aromatic rings. The Bertz CT molecular complexity index is 1110. The van der Waals surface area contributed by atoms with E-state index in [2.05, 4.69) is 5.32 Å². The van der Waals surface area contributed by atoms with E-state index < -0.39 is 16.1 Å². The zero-order chi connectivity index (χ0) is 26.1. The molecule has 36 heavy (non-hydrogen) atoms. The van der Waals surface area contributed by atoms with Crippen LogP contribution in [0, 0.1) is 6.92 Å². The summed E-state index contributed by atoms with van der Waals surface area (Å²) in [7, 11) is -3.72. The summed E-state index contributed by atoms with van der Waals surface area (Å²) in [5, 5.41) is 3.16. The molecular formula is C28H39N3O4S. The maximum absolute atomic E-state index is 13.7. The Morgan fingerprint density at radius 2 is 1.72 bits per heavy atom. The maximum atomic E-state index is 13.7. The molecule has 1 N–H and O–H groups in total. The van der Waals surface area contributed by atoms with Gasteiger partial charge in [0, 0.05) is 12.6 Å². The summed E-state index contributed by atoms with van der Waals surface area (Å²) in [6.45, 7) is 3.73. The van der Waals surface area contributed by atoms with Crippen molar-refractivity contribution in [2.24, 2.45) is 0 Å². The second kappa shape index (κ2) is 12.9. The van der Waals surface area contributed by atoms with Crippen LogP contribution in [0.1, 0.15) is 56.6 Å². The first kappa shape index (κ1) is 27.7. The number of rotatable bonds is 11. The van der Waals surface area contributed by atoms with Gasteiger partial charge in [0.2, 0.25) is 21.8 Å². The van der Waals surface area contributed by atoms with Gasteiger partial charge in [-0.25, -0.2) is 8.42 Å². The van der Waals surface area contributed by atoms with Gasteiger partial charge in [0.25, 0.3) is 0 Å². The zero-order valence-electron chi connectivity index (χ0n) is 21.7. The third kappa shape index (κ3) is 7.82. The van der Waals surface area contributed by atoms with Crippen molar-refractivity contribution in [1.29, 1.82) is 0 Å². The first-order chi connectivity index (χ1) is 17.2. The van der Waals surface area contributed by atoms with E-state index in [-0.39, 0.29) is 24.4 Å². The molecule has 8 heteroatoms. The Labute approximate surface area is 215 Å². The Morgan fingerprint density at radius 3 is 2.33 bits per heavy atom. The van der Waals surface area contributed by atoms with Crippen molar-refractivity contribution in [3.63, 3.8) is 0 Å². The molecule has 0 radical (unpaired) electrons. The predicted molar refractivity (Wildman–Crippen MR) is 144 cm³/mol. The molecule has 0 unspecified atom stereocenters. The molecule has 0 heterocycles. The number of carbonyl (C=O) groups excluding carboxylic acids is 2. The largest absolute Gasteiger partial charge is 0.352 e. The number of nitrogens with zero attached hydrogens (tertiary/aromatic N) is 2. The maximum Gasteiger partial charge on any atom is 0.244 e. The van der Waals surface area contributed by atoms with Crippen LogP contribution in [-0.4, -0.2) is 56.6 Å². The van der Waals surface area contributed by atoms with Crippen molar-refractivity contribution >= 4 is 27.5 Å². The number of anilines is 1. The molecule has 7 nitrogen and oxygen atoms in total. The van der Waals surface area contributed by atoms with Crippen molar-refractivity contribution in [2.75, 3.05) is 23.7 Å². The van der Waals surface area contributed by atoms with E-state index in [1.165, 1.54) is 6.42 Å². The van der Waals surface area contributed by atoms with Crippen LogP contribution in [0.25, 0.3) is 0 Å². The Balaban J connectivity index is 1.85. The highest BCUT2D eigenvalue weighted by molar-refractivity contribution is 7.92. The number of benzene rings is 2. The summed E-state index contributed by atoms with van der Waals surface area (Å²) in [6.07, 6.45) is 7.40. The number of hydrogen-bond donors (Lipinski definition) is 1. The summed E-state index contributed by atoms with van der Waals surface area (Å²) < 4.78 is 26.5. The van der Waals surface area contributed by atoms with E-state index in [0.29, 0.717) is 25.1 Å². The number of carbonyl (C=O) groups is 2. The van der Waals surface area contributed by atoms with Crippen LogP contribution >= 0.6 is 0 Å². The van der Waals surface area contributed by atoms with Crippen molar-refractivity contribution in [1.82, 2.24) is 10.2 Å². The molecule has 3 rings (SSSR count). The minimum atomic E-state index is -3.72. The van der Waals surface area contributed by atoms with E-state index >= 15 is 0 Å². The van der Waals surface area contributed by atoms with E-state index in [4.69, 9.17) is 0 Å². The van der Waals surface area contributed by atoms with Crippen molar-refractivity contribution in [3.8, 4) is 0 Å². The average molecular weight is 514 g/mol. The molecule has 1 atom stereocenters. The minimum absolute atomic E-state index is 0.131. The number of nitrogens with one attached hydrogen (secondary N) is 1. The van der Waals surface area contributed by atoms with Crippen LogP contribution in [-0.2, 0) is 26.0 Å². The lowest BCUT2D eigenvalue weighted by atomic mass is 9.95. The van der Waals surface area contributed by atoms with Gasteiger partial charge in [0.15, 0.2) is 0 Å². The smallest absolute Gasteiger partial charge is 0.244 e. The van der Waals surface area contributed by atoms with Crippen molar-refractivity contribution < 1.29 is 18.0 Å². The second-order valence-corrected chi connectivity index (χ2v) is 11.6. The highest BCUT2D eigenvalue weighted by atomic mass is 32.2. The van der Waals surface area contributed by atoms with Crippen LogP contribution in [0.4, 0.5) is 5.69 Å². The second-order valence-electron chi connectivity index (χ2n) is 9.70. The fourth-order valence-corrected chi connectivity index (χ4v) is 5.68. The third-order valence-corrected chi connectivity index (χ3v) is 7.93. The van der Waals surface area contributed by atoms with E-state index in [9.17, 15) is 18.0 Å². The topological polar surface area (TPSA) is 86.8 Å². The van der Waals surface area contributed by atoms with Crippen molar-refractivity contribution in [2.45, 2.75) is 70.9 Å². The molecule has 1 saturated carbocycles. The van der Waals surface area contributed by atoms with Gasteiger partial charge in [-0.1, -0.05) is 68.7 Å². The number of sulfonamides is 1. The highest BCUT2D eigenvalue weighted by Crippen LogP contribution is 2.21. The molecule has 0 aromatic heterocycles. The van der Waals surface area contributed by atoms with Crippen LogP contribution in [0.15, 0.2) is 54.6 Å². The molecule has 2 amide bonds. The van der Waals surface area contributed by atoms with Crippen LogP contribution in [0.3, 0.4) is 0 Å². The van der Waals surface area contributed by atoms with Crippen molar-refractivity contribution in [3.05, 3.63) is 65.7 Å². The zero-order valence-corrected chi connectivity index (χ0v) is 22.5. The SMILES string of the molecule is CC[C@H](C(=O)NC1CCCCC1)N(CCc1ccccc1)C(=O)CN(c1cccc(C)c1)S(C)(=O)=O. The molecule has 2 aromatic carbocycles. The van der Waals surface area contributed by atoms with Gasteiger partial charge >= 0.3 is 0 Å². The molecule has 196 valence electrons. The van der Waals surface area contributed by atoms with Crippen LogP contribution < -0.4 is 9.62 Å². The highest BCUT2D eigenvalue weighted by Gasteiger charge is 2.32. The molecule has 0 aliphatic heterocycles. The van der Waals surface area contributed by atoms with E-state index in [1.54, 1.807) is 23.1 Å². The average Bonchev–Trinajstić information content (AvgIpc) is 2.85. The van der Waals surface area contributed by atoms with Crippen LogP contribution in [0.2, 0.25) is 0 Å². The normalized spacial score (nSPS) is 15.2. The summed E-state index contributed by atoms with van der Waals surface area (Å²) >= 11 is 0. The Hall–Kier alpha value is -2.87. The predicted octanol–water partition coefficient (Wildman–Crippen LogP) is 4.06. The minimum Gasteiger partial charge on any atom is -0.352 e. The van der Waals surface area contributed by atoms with Gasteiger partial charge in [0.05, 0.1) is 11.9 Å². The lowest BCUT2D eigenvalue weighted by Crippen LogP contribution is -2.54. The standard InChI is InChI=1S/C28H39N3O4S/c1-4-26(28(33)29-24-15-9-6-10-16-24)30(19-18-23-13-7-5-8-14-23)27(32)21-31(36(3,34)35)25-17-11-12-22(2)20-25/h5,7-8,11-14,17,20,24,26H,4,6,9-10,15-16,18-19,21H2,1-3H3,(H,29,33)/t26-/m1/s1. The van der Waals surface area contributed by atoms with Gasteiger partial charge in [-0.2, -0.15) is 0 Å². The lowest BCUT2D eigenvalue weighted by molar-refractivity contribution is -0.140. The number of amides is 2. The van der Waals surface area contributed by atoms with E-state index in [0.717, 1.165) is 47.4 Å². The molecule has 1 aliphatic carbocycles. The van der Waals surface area contributed by atoms with Gasteiger partial charge in [0.1, 0.15) is 12.6 Å². The Kier molecular flexibility index (Phi) is 9.93. The summed E-state index contributed by atoms with van der Waals surface area (Å²) in [6, 6.07) is 16.3. The Morgan fingerprint density at radius 1 is 1.03 bits per heavy atom. The summed E-state index contributed by atoms with van der Waals surface area (Å²) in [5.41, 5.74) is 2.39. The van der Waals surface area contributed by atoms with Gasteiger partial charge in [-0.3, -0.25) is 13.9 Å². The van der Waals surface area contributed by atoms with Crippen LogP contribution in [0.5, 0.6) is 0 Å². The number of aryl methyl sites for hydroxylation is 1. The molecule has 0 saturated heterocycles. The van der Waals surface area contributed by atoms with Gasteiger partial charge in [-0.15, -0.1) is 0 Å². The number of hydrogen-bond acceptors (Lipinski definition) is 4. The van der Waals surface area contributed by atoms with E-state index in [1.807, 2.05) is 50.2 Å². The molecule has 1 aliphatic rings. The molecule has 0 spiro atoms. The molecule has 0 bridgehead atoms. The first-order valence-electron chi connectivity index (χ1n) is 12.9. The fraction of sp³-hybridized carbons (Fsp3) is 0.500. The molecular weight excluding hydrogens is 474 g/mol. The monoisotopic (exact) mass is 513 g/mol. The molecule has 1 fully saturated rings. The quantitative estimate of drug-likeness (QED) is 0.491. The van der Waals surface area contributed by atoms with Gasteiger partial charge in [-0.05, 0) is 55.9 Å². The fourth-order valence-electron chi connectivity index (χ4n) is 4.84. The first-order valence-corrected chi connectivity index (χ1v) is 14.7. The third-order valence-electron chi connectivity index (χ3n) is 6.79.